The molecule has 0 fully saturated rings. The molecule has 0 radical (unpaired) electrons. The lowest BCUT2D eigenvalue weighted by atomic mass is 10.0. The summed E-state index contributed by atoms with van der Waals surface area (Å²) in [5, 5.41) is 11.3. The van der Waals surface area contributed by atoms with E-state index in [0.29, 0.717) is 22.7 Å². The molecule has 3 rings (SSSR count). The average molecular weight is 401 g/mol. The maximum Gasteiger partial charge on any atom is 0.343 e. The lowest BCUT2D eigenvalue weighted by Crippen LogP contribution is -2.16. The Morgan fingerprint density at radius 2 is 1.97 bits per heavy atom. The number of methoxy groups -OCH3 is 2. The highest BCUT2D eigenvalue weighted by Gasteiger charge is 2.36. The van der Waals surface area contributed by atoms with Crippen LogP contribution in [0, 0.1) is 0 Å². The van der Waals surface area contributed by atoms with Gasteiger partial charge in [-0.2, -0.15) is 0 Å². The van der Waals surface area contributed by atoms with Crippen molar-refractivity contribution in [2.45, 2.75) is 12.5 Å². The molecule has 0 saturated heterocycles. The number of esters is 1. The molecular formula is C20H19NO8. The average Bonchev–Trinajstić information content (AvgIpc) is 3.01. The molecule has 0 aromatic heterocycles. The number of anilines is 1. The summed E-state index contributed by atoms with van der Waals surface area (Å²) in [4.78, 5) is 35.3. The maximum absolute atomic E-state index is 12.4. The number of aliphatic carboxylic acids is 1. The Morgan fingerprint density at radius 1 is 1.17 bits per heavy atom. The standard InChI is InChI=1S/C20H19NO8/c1-26-14-7-6-13-15(29-20(25)18(13)19(14)27-2)9-16(22)21-11-4-3-5-12(8-11)28-10-17(23)24/h3-8,15H,9-10H2,1-2H3,(H,21,22)(H,23,24)/t15-/m0/s1. The number of carbonyl (C=O) groups is 3. The third-order valence-electron chi connectivity index (χ3n) is 4.23. The van der Waals surface area contributed by atoms with Crippen molar-refractivity contribution in [1.29, 1.82) is 0 Å². The van der Waals surface area contributed by atoms with Crippen LogP contribution in [0.15, 0.2) is 36.4 Å². The fourth-order valence-electron chi connectivity index (χ4n) is 3.01. The number of hydrogen-bond acceptors (Lipinski definition) is 7. The molecule has 0 spiro atoms. The molecule has 1 atom stereocenters. The second-order valence-electron chi connectivity index (χ2n) is 6.12. The van der Waals surface area contributed by atoms with Crippen LogP contribution in [0.5, 0.6) is 17.2 Å². The second kappa shape index (κ2) is 8.51. The zero-order valence-corrected chi connectivity index (χ0v) is 15.8. The molecule has 0 aliphatic carbocycles. The van der Waals surface area contributed by atoms with Crippen LogP contribution in [0.1, 0.15) is 28.4 Å². The number of hydrogen-bond donors (Lipinski definition) is 2. The molecule has 1 heterocycles. The van der Waals surface area contributed by atoms with Crippen molar-refractivity contribution >= 4 is 23.5 Å². The Bertz CT molecular complexity index is 955. The first kappa shape index (κ1) is 20.0. The van der Waals surface area contributed by atoms with Gasteiger partial charge in [0.1, 0.15) is 17.4 Å². The minimum absolute atomic E-state index is 0.103. The largest absolute Gasteiger partial charge is 0.493 e. The molecule has 9 nitrogen and oxygen atoms in total. The highest BCUT2D eigenvalue weighted by molar-refractivity contribution is 5.99. The van der Waals surface area contributed by atoms with E-state index in [1.54, 1.807) is 30.3 Å². The van der Waals surface area contributed by atoms with Crippen molar-refractivity contribution in [3.63, 3.8) is 0 Å². The fraction of sp³-hybridized carbons (Fsp3) is 0.250. The minimum Gasteiger partial charge on any atom is -0.493 e. The fourth-order valence-corrected chi connectivity index (χ4v) is 3.01. The highest BCUT2D eigenvalue weighted by Crippen LogP contribution is 2.43. The quantitative estimate of drug-likeness (QED) is 0.647. The van der Waals surface area contributed by atoms with Crippen molar-refractivity contribution in [2.75, 3.05) is 26.1 Å². The number of nitrogens with one attached hydrogen (secondary N) is 1. The van der Waals surface area contributed by atoms with Gasteiger partial charge in [0.15, 0.2) is 18.1 Å². The van der Waals surface area contributed by atoms with Crippen molar-refractivity contribution in [1.82, 2.24) is 0 Å². The first-order chi connectivity index (χ1) is 13.9. The summed E-state index contributed by atoms with van der Waals surface area (Å²) in [7, 11) is 2.88. The zero-order valence-electron chi connectivity index (χ0n) is 15.8. The van der Waals surface area contributed by atoms with Gasteiger partial charge in [-0.25, -0.2) is 9.59 Å². The number of cyclic esters (lactones) is 1. The summed E-state index contributed by atoms with van der Waals surface area (Å²) < 4.78 is 20.9. The maximum atomic E-state index is 12.4. The molecular weight excluding hydrogens is 382 g/mol. The number of ether oxygens (including phenoxy) is 4. The van der Waals surface area contributed by atoms with Crippen LogP contribution in [-0.4, -0.2) is 43.8 Å². The zero-order chi connectivity index (χ0) is 21.0. The van der Waals surface area contributed by atoms with Crippen molar-refractivity contribution in [2.24, 2.45) is 0 Å². The van der Waals surface area contributed by atoms with Crippen LogP contribution in [0.3, 0.4) is 0 Å². The Balaban J connectivity index is 1.71. The third kappa shape index (κ3) is 4.40. The summed E-state index contributed by atoms with van der Waals surface area (Å²) in [5.74, 6) is -1.11. The van der Waals surface area contributed by atoms with Crippen LogP contribution in [0.2, 0.25) is 0 Å². The van der Waals surface area contributed by atoms with Gasteiger partial charge in [-0.15, -0.1) is 0 Å². The normalized spacial score (nSPS) is 14.6. The van der Waals surface area contributed by atoms with Gasteiger partial charge < -0.3 is 29.4 Å². The number of carbonyl (C=O) groups excluding carboxylic acids is 2. The third-order valence-corrected chi connectivity index (χ3v) is 4.23. The number of amides is 1. The molecule has 1 aliphatic heterocycles. The minimum atomic E-state index is -1.10. The lowest BCUT2D eigenvalue weighted by Gasteiger charge is -2.13. The molecule has 152 valence electrons. The van der Waals surface area contributed by atoms with E-state index in [-0.39, 0.29) is 23.6 Å². The van der Waals surface area contributed by atoms with E-state index in [1.807, 2.05) is 0 Å². The Kier molecular flexibility index (Phi) is 5.87. The topological polar surface area (TPSA) is 120 Å². The molecule has 0 unspecified atom stereocenters. The molecule has 0 saturated carbocycles. The van der Waals surface area contributed by atoms with E-state index < -0.39 is 24.6 Å². The lowest BCUT2D eigenvalue weighted by molar-refractivity contribution is -0.139. The Hall–Kier alpha value is -3.75. The van der Waals surface area contributed by atoms with Gasteiger partial charge in [0.25, 0.3) is 0 Å². The summed E-state index contributed by atoms with van der Waals surface area (Å²) >= 11 is 0. The van der Waals surface area contributed by atoms with Crippen molar-refractivity contribution in [3.05, 3.63) is 47.5 Å². The molecule has 9 heteroatoms. The van der Waals surface area contributed by atoms with Crippen LogP contribution in [-0.2, 0) is 14.3 Å². The van der Waals surface area contributed by atoms with Gasteiger partial charge in [-0.05, 0) is 18.2 Å². The van der Waals surface area contributed by atoms with Crippen molar-refractivity contribution in [3.8, 4) is 17.2 Å². The van der Waals surface area contributed by atoms with Gasteiger partial charge in [0.2, 0.25) is 5.91 Å². The molecule has 1 aliphatic rings. The van der Waals surface area contributed by atoms with E-state index in [1.165, 1.54) is 20.3 Å². The number of fused-ring (bicyclic) bond motifs is 1. The highest BCUT2D eigenvalue weighted by atomic mass is 16.6. The Morgan fingerprint density at radius 3 is 2.66 bits per heavy atom. The van der Waals surface area contributed by atoms with Crippen LogP contribution >= 0.6 is 0 Å². The molecule has 2 aromatic carbocycles. The van der Waals surface area contributed by atoms with E-state index in [9.17, 15) is 14.4 Å². The smallest absolute Gasteiger partial charge is 0.343 e. The van der Waals surface area contributed by atoms with E-state index in [0.717, 1.165) is 0 Å². The molecule has 0 bridgehead atoms. The number of benzene rings is 2. The predicted molar refractivity (Wildman–Crippen MR) is 101 cm³/mol. The van der Waals surface area contributed by atoms with Crippen LogP contribution < -0.4 is 19.5 Å². The summed E-state index contributed by atoms with van der Waals surface area (Å²) in [6, 6.07) is 9.65. The van der Waals surface area contributed by atoms with E-state index >= 15 is 0 Å². The van der Waals surface area contributed by atoms with E-state index in [2.05, 4.69) is 5.32 Å². The summed E-state index contributed by atoms with van der Waals surface area (Å²) in [5.41, 5.74) is 1.21. The first-order valence-corrected chi connectivity index (χ1v) is 8.63. The number of carboxylic acid groups (broad SMARTS) is 1. The molecule has 29 heavy (non-hydrogen) atoms. The first-order valence-electron chi connectivity index (χ1n) is 8.63. The van der Waals surface area contributed by atoms with Gasteiger partial charge in [0.05, 0.1) is 20.6 Å². The van der Waals surface area contributed by atoms with Gasteiger partial charge in [-0.1, -0.05) is 12.1 Å². The van der Waals surface area contributed by atoms with Gasteiger partial charge >= 0.3 is 11.9 Å². The van der Waals surface area contributed by atoms with Crippen molar-refractivity contribution < 1.29 is 38.4 Å². The van der Waals surface area contributed by atoms with Gasteiger partial charge in [-0.3, -0.25) is 4.79 Å². The molecule has 1 amide bonds. The SMILES string of the molecule is COc1ccc2c(c1OC)C(=O)O[C@H]2CC(=O)Nc1cccc(OCC(=O)O)c1. The van der Waals surface area contributed by atoms with Crippen LogP contribution in [0.25, 0.3) is 0 Å². The molecule has 2 aromatic rings. The van der Waals surface area contributed by atoms with Gasteiger partial charge in [0, 0.05) is 17.3 Å². The second-order valence-corrected chi connectivity index (χ2v) is 6.12. The van der Waals surface area contributed by atoms with E-state index in [4.69, 9.17) is 24.1 Å². The molecule has 2 N–H and O–H groups in total. The van der Waals surface area contributed by atoms with Crippen LogP contribution in [0.4, 0.5) is 5.69 Å². The summed E-state index contributed by atoms with van der Waals surface area (Å²) in [6.07, 6.45) is -0.863. The predicted octanol–water partition coefficient (Wildman–Crippen LogP) is 2.41. The number of carboxylic acids is 1. The summed E-state index contributed by atoms with van der Waals surface area (Å²) in [6.45, 7) is -0.489. The Labute approximate surface area is 166 Å². The number of rotatable bonds is 8. The monoisotopic (exact) mass is 401 g/mol.